The van der Waals surface area contributed by atoms with Gasteiger partial charge in [0.2, 0.25) is 0 Å². The standard InChI is InChI=1S/C14H16O5/c1-6-4-10(15)7(2)12-8(13(16)17)5-9(11(6)12)14(18)19-3/h4,8-9,15H,5H2,1-3H3,(H,16,17). The summed E-state index contributed by atoms with van der Waals surface area (Å²) in [5.74, 6) is -2.70. The number of ether oxygens (including phenoxy) is 1. The minimum absolute atomic E-state index is 0.0630. The van der Waals surface area contributed by atoms with E-state index < -0.39 is 23.8 Å². The van der Waals surface area contributed by atoms with Crippen LogP contribution in [0.1, 0.15) is 40.5 Å². The predicted molar refractivity (Wildman–Crippen MR) is 67.3 cm³/mol. The summed E-state index contributed by atoms with van der Waals surface area (Å²) in [5.41, 5.74) is 2.49. The Morgan fingerprint density at radius 1 is 1.26 bits per heavy atom. The average molecular weight is 264 g/mol. The lowest BCUT2D eigenvalue weighted by molar-refractivity contribution is -0.143. The number of carboxylic acids is 1. The lowest BCUT2D eigenvalue weighted by Crippen LogP contribution is -2.13. The summed E-state index contributed by atoms with van der Waals surface area (Å²) < 4.78 is 4.75. The van der Waals surface area contributed by atoms with E-state index in [1.165, 1.54) is 7.11 Å². The van der Waals surface area contributed by atoms with Gasteiger partial charge in [0.1, 0.15) is 5.75 Å². The van der Waals surface area contributed by atoms with Crippen LogP contribution in [0, 0.1) is 13.8 Å². The molecule has 2 rings (SSSR count). The number of phenolic OH excluding ortho intramolecular Hbond substituents is 1. The van der Waals surface area contributed by atoms with Gasteiger partial charge in [-0.05, 0) is 48.6 Å². The molecule has 102 valence electrons. The van der Waals surface area contributed by atoms with Gasteiger partial charge in [-0.25, -0.2) is 0 Å². The molecule has 2 unspecified atom stereocenters. The molecule has 0 heterocycles. The van der Waals surface area contributed by atoms with Crippen LogP contribution in [-0.4, -0.2) is 29.3 Å². The first-order chi connectivity index (χ1) is 8.88. The number of rotatable bonds is 2. The molecule has 1 aromatic rings. The molecule has 2 N–H and O–H groups in total. The van der Waals surface area contributed by atoms with Crippen molar-refractivity contribution < 1.29 is 24.5 Å². The summed E-state index contributed by atoms with van der Waals surface area (Å²) >= 11 is 0. The number of esters is 1. The number of benzene rings is 1. The smallest absolute Gasteiger partial charge is 0.313 e. The topological polar surface area (TPSA) is 83.8 Å². The second-order valence-electron chi connectivity index (χ2n) is 4.87. The van der Waals surface area contributed by atoms with Crippen molar-refractivity contribution in [3.05, 3.63) is 28.3 Å². The van der Waals surface area contributed by atoms with Crippen molar-refractivity contribution in [3.63, 3.8) is 0 Å². The maximum atomic E-state index is 11.8. The van der Waals surface area contributed by atoms with Gasteiger partial charge in [0, 0.05) is 0 Å². The number of aryl methyl sites for hydroxylation is 1. The molecule has 1 aliphatic rings. The molecule has 1 aliphatic carbocycles. The highest BCUT2D eigenvalue weighted by Gasteiger charge is 2.42. The number of hydrogen-bond donors (Lipinski definition) is 2. The molecule has 19 heavy (non-hydrogen) atoms. The Morgan fingerprint density at radius 3 is 2.42 bits per heavy atom. The van der Waals surface area contributed by atoms with E-state index in [0.717, 1.165) is 5.56 Å². The van der Waals surface area contributed by atoms with E-state index in [1.54, 1.807) is 19.9 Å². The first-order valence-electron chi connectivity index (χ1n) is 6.02. The largest absolute Gasteiger partial charge is 0.508 e. The molecule has 0 amide bonds. The van der Waals surface area contributed by atoms with Gasteiger partial charge in [-0.1, -0.05) is 0 Å². The molecule has 0 bridgehead atoms. The molecule has 0 fully saturated rings. The van der Waals surface area contributed by atoms with E-state index in [4.69, 9.17) is 4.74 Å². The monoisotopic (exact) mass is 264 g/mol. The van der Waals surface area contributed by atoms with Gasteiger partial charge < -0.3 is 14.9 Å². The third kappa shape index (κ3) is 1.95. The minimum Gasteiger partial charge on any atom is -0.508 e. The van der Waals surface area contributed by atoms with Crippen LogP contribution in [0.3, 0.4) is 0 Å². The van der Waals surface area contributed by atoms with Crippen molar-refractivity contribution in [1.82, 2.24) is 0 Å². The fraction of sp³-hybridized carbons (Fsp3) is 0.429. The van der Waals surface area contributed by atoms with Crippen molar-refractivity contribution in [1.29, 1.82) is 0 Å². The number of carbonyl (C=O) groups is 2. The van der Waals surface area contributed by atoms with Crippen LogP contribution in [0.15, 0.2) is 6.07 Å². The molecule has 0 aromatic heterocycles. The fourth-order valence-corrected chi connectivity index (χ4v) is 2.91. The van der Waals surface area contributed by atoms with E-state index in [9.17, 15) is 19.8 Å². The van der Waals surface area contributed by atoms with Gasteiger partial charge in [-0.3, -0.25) is 9.59 Å². The van der Waals surface area contributed by atoms with Crippen molar-refractivity contribution in [2.75, 3.05) is 7.11 Å². The Kier molecular flexibility index (Phi) is 3.22. The summed E-state index contributed by atoms with van der Waals surface area (Å²) in [6.45, 7) is 3.43. The number of aromatic hydroxyl groups is 1. The molecule has 2 atom stereocenters. The van der Waals surface area contributed by atoms with Crippen LogP contribution >= 0.6 is 0 Å². The van der Waals surface area contributed by atoms with Gasteiger partial charge in [0.25, 0.3) is 0 Å². The van der Waals surface area contributed by atoms with E-state index in [1.807, 2.05) is 0 Å². The van der Waals surface area contributed by atoms with Gasteiger partial charge in [0.15, 0.2) is 0 Å². The summed E-state index contributed by atoms with van der Waals surface area (Å²) in [5, 5.41) is 19.1. The second kappa shape index (κ2) is 4.57. The maximum absolute atomic E-state index is 11.8. The predicted octanol–water partition coefficient (Wildman–Crippen LogP) is 1.84. The molecule has 0 saturated carbocycles. The molecular formula is C14H16O5. The Morgan fingerprint density at radius 2 is 1.89 bits per heavy atom. The number of fused-ring (bicyclic) bond motifs is 1. The van der Waals surface area contributed by atoms with Crippen molar-refractivity contribution in [2.45, 2.75) is 32.1 Å². The lowest BCUT2D eigenvalue weighted by atomic mass is 9.92. The van der Waals surface area contributed by atoms with E-state index >= 15 is 0 Å². The highest BCUT2D eigenvalue weighted by molar-refractivity contribution is 5.87. The number of methoxy groups -OCH3 is 1. The Hall–Kier alpha value is -2.04. The molecule has 1 aromatic carbocycles. The summed E-state index contributed by atoms with van der Waals surface area (Å²) in [4.78, 5) is 23.2. The highest BCUT2D eigenvalue weighted by atomic mass is 16.5. The summed E-state index contributed by atoms with van der Waals surface area (Å²) in [6.07, 6.45) is 0.183. The van der Waals surface area contributed by atoms with Crippen LogP contribution in [-0.2, 0) is 14.3 Å². The van der Waals surface area contributed by atoms with Gasteiger partial charge >= 0.3 is 11.9 Å². The van der Waals surface area contributed by atoms with Crippen LogP contribution in [0.25, 0.3) is 0 Å². The zero-order valence-corrected chi connectivity index (χ0v) is 11.1. The van der Waals surface area contributed by atoms with Crippen molar-refractivity contribution in [2.24, 2.45) is 0 Å². The Bertz CT molecular complexity index is 561. The Balaban J connectivity index is 2.68. The third-order valence-electron chi connectivity index (χ3n) is 3.81. The van der Waals surface area contributed by atoms with Crippen LogP contribution in [0.2, 0.25) is 0 Å². The lowest BCUT2D eigenvalue weighted by Gasteiger charge is -2.14. The summed E-state index contributed by atoms with van der Waals surface area (Å²) in [6, 6.07) is 1.56. The van der Waals surface area contributed by atoms with Crippen molar-refractivity contribution in [3.8, 4) is 5.75 Å². The van der Waals surface area contributed by atoms with Gasteiger partial charge in [-0.2, -0.15) is 0 Å². The van der Waals surface area contributed by atoms with Crippen LogP contribution in [0.4, 0.5) is 0 Å². The first-order valence-corrected chi connectivity index (χ1v) is 6.02. The van der Waals surface area contributed by atoms with E-state index in [0.29, 0.717) is 16.7 Å². The molecule has 0 aliphatic heterocycles. The Labute approximate surface area is 110 Å². The molecule has 5 nitrogen and oxygen atoms in total. The minimum atomic E-state index is -0.985. The number of hydrogen-bond acceptors (Lipinski definition) is 4. The second-order valence-corrected chi connectivity index (χ2v) is 4.87. The third-order valence-corrected chi connectivity index (χ3v) is 3.81. The number of aliphatic carboxylic acids is 1. The molecule has 0 spiro atoms. The number of carbonyl (C=O) groups excluding carboxylic acids is 1. The van der Waals surface area contributed by atoms with Crippen molar-refractivity contribution >= 4 is 11.9 Å². The first kappa shape index (κ1) is 13.4. The van der Waals surface area contributed by atoms with Crippen LogP contribution in [0.5, 0.6) is 5.75 Å². The SMILES string of the molecule is COC(=O)C1CC(C(=O)O)c2c(C)c(O)cc(C)c21. The highest BCUT2D eigenvalue weighted by Crippen LogP contribution is 2.47. The number of phenols is 1. The van der Waals surface area contributed by atoms with E-state index in [-0.39, 0.29) is 12.2 Å². The zero-order valence-electron chi connectivity index (χ0n) is 11.1. The van der Waals surface area contributed by atoms with E-state index in [2.05, 4.69) is 0 Å². The molecule has 5 heteroatoms. The molecule has 0 saturated heterocycles. The normalized spacial score (nSPS) is 21.0. The molecular weight excluding hydrogens is 248 g/mol. The summed E-state index contributed by atoms with van der Waals surface area (Å²) in [7, 11) is 1.29. The quantitative estimate of drug-likeness (QED) is 0.796. The van der Waals surface area contributed by atoms with Gasteiger partial charge in [0.05, 0.1) is 18.9 Å². The molecule has 0 radical (unpaired) electrons. The number of carboxylic acid groups (broad SMARTS) is 1. The average Bonchev–Trinajstić information content (AvgIpc) is 2.76. The van der Waals surface area contributed by atoms with Crippen LogP contribution < -0.4 is 0 Å². The zero-order chi connectivity index (χ0) is 14.3. The fourth-order valence-electron chi connectivity index (χ4n) is 2.91. The maximum Gasteiger partial charge on any atom is 0.313 e. The van der Waals surface area contributed by atoms with Gasteiger partial charge in [-0.15, -0.1) is 0 Å².